The number of aromatic hydroxyl groups is 1. The first-order valence-corrected chi connectivity index (χ1v) is 30.5. The Morgan fingerprint density at radius 3 is 1.33 bits per heavy atom. The third-order valence-electron chi connectivity index (χ3n) is 19.2. The van der Waals surface area contributed by atoms with Gasteiger partial charge < -0.3 is 5.11 Å². The van der Waals surface area contributed by atoms with Crippen molar-refractivity contribution in [3.05, 3.63) is 197 Å². The Kier molecular flexibility index (Phi) is 13.0. The van der Waals surface area contributed by atoms with E-state index in [4.69, 9.17) is 9.97 Å². The molecule has 0 spiro atoms. The SMILES string of the molecule is CC(C)(C)c1cc(-c2cccc3c2nc(-c2cc(C(C)(C)C)cc(C(C)(C)C)c2O)n3-c2cc3c(cc2-c2ccccc2)C(C)(C)CCC3(C)C)cc(-c2nc3ccccc3n2-c2cc3c(cc2-c2ccccc2)C(C)(C)CCC3(C)C)c1. The predicted molar refractivity (Wildman–Crippen MR) is 351 cm³/mol. The van der Waals surface area contributed by atoms with Gasteiger partial charge in [-0.15, -0.1) is 0 Å². The summed E-state index contributed by atoms with van der Waals surface area (Å²) in [5.41, 5.74) is 22.5. The number of phenolic OH excluding ortho intramolecular Hbond substituents is 1. The summed E-state index contributed by atoms with van der Waals surface area (Å²) in [6.07, 6.45) is 4.44. The fourth-order valence-electron chi connectivity index (χ4n) is 13.6. The van der Waals surface area contributed by atoms with Gasteiger partial charge in [-0.1, -0.05) is 215 Å². The number of hydrogen-bond acceptors (Lipinski definition) is 3. The molecule has 5 heteroatoms. The average Bonchev–Trinajstić information content (AvgIpc) is 2.51. The summed E-state index contributed by atoms with van der Waals surface area (Å²) < 4.78 is 4.85. The lowest BCUT2D eigenvalue weighted by Gasteiger charge is -2.42. The molecule has 0 unspecified atom stereocenters. The van der Waals surface area contributed by atoms with Crippen molar-refractivity contribution in [2.75, 3.05) is 0 Å². The second kappa shape index (κ2) is 19.3. The number of nitrogens with zero attached hydrogens (tertiary/aromatic N) is 4. The third kappa shape index (κ3) is 9.64. The van der Waals surface area contributed by atoms with E-state index in [0.717, 1.165) is 109 Å². The highest BCUT2D eigenvalue weighted by molar-refractivity contribution is 5.98. The number of benzene rings is 8. The van der Waals surface area contributed by atoms with Gasteiger partial charge >= 0.3 is 0 Å². The molecule has 2 aliphatic rings. The number of phenols is 1. The second-order valence-corrected chi connectivity index (χ2v) is 30.3. The zero-order valence-electron chi connectivity index (χ0n) is 52.6. The standard InChI is InChI=1S/C78H86N4O/c1-72(2,3)52-40-50(39-51(41-52)70-79-63-32-24-25-33-64(63)81(70)66-46-60-58(75(10,11)35-37-77(60,14)15)44-55(66)48-27-20-18-21-28-48)54-31-26-34-65-68(54)80-71(57-42-53(73(4,5)6)43-62(69(57)83)74(7,8)9)82(65)67-47-61-59(76(12,13)36-38-78(61,16)17)45-56(67)49-29-22-19-23-30-49/h18-34,39-47,83H,35-38H2,1-17H3. The molecule has 1 N–H and O–H groups in total. The van der Waals surface area contributed by atoms with Crippen LogP contribution in [0.1, 0.15) is 182 Å². The molecule has 12 rings (SSSR count). The van der Waals surface area contributed by atoms with Crippen molar-refractivity contribution >= 4 is 22.1 Å². The number of fused-ring (bicyclic) bond motifs is 4. The lowest BCUT2D eigenvalue weighted by atomic mass is 9.62. The monoisotopic (exact) mass is 1090 g/mol. The van der Waals surface area contributed by atoms with Crippen molar-refractivity contribution in [1.29, 1.82) is 0 Å². The van der Waals surface area contributed by atoms with E-state index in [1.165, 1.54) is 38.9 Å². The van der Waals surface area contributed by atoms with Gasteiger partial charge in [-0.3, -0.25) is 9.13 Å². The Labute approximate surface area is 494 Å². The van der Waals surface area contributed by atoms with Crippen LogP contribution in [0.15, 0.2) is 158 Å². The van der Waals surface area contributed by atoms with Crippen LogP contribution in [0.2, 0.25) is 0 Å². The summed E-state index contributed by atoms with van der Waals surface area (Å²) >= 11 is 0. The van der Waals surface area contributed by atoms with Gasteiger partial charge in [0.15, 0.2) is 0 Å². The molecule has 83 heavy (non-hydrogen) atoms. The van der Waals surface area contributed by atoms with Crippen LogP contribution in [0.25, 0.3) is 89.6 Å². The second-order valence-electron chi connectivity index (χ2n) is 30.3. The van der Waals surface area contributed by atoms with E-state index < -0.39 is 0 Å². The van der Waals surface area contributed by atoms with Crippen LogP contribution in [0.5, 0.6) is 5.75 Å². The van der Waals surface area contributed by atoms with Crippen molar-refractivity contribution in [1.82, 2.24) is 19.1 Å². The Hall–Kier alpha value is -7.50. The van der Waals surface area contributed by atoms with Gasteiger partial charge in [0.1, 0.15) is 17.4 Å². The minimum absolute atomic E-state index is 0.0153. The van der Waals surface area contributed by atoms with E-state index in [1.54, 1.807) is 0 Å². The largest absolute Gasteiger partial charge is 0.507 e. The van der Waals surface area contributed by atoms with Crippen molar-refractivity contribution in [3.63, 3.8) is 0 Å². The Morgan fingerprint density at radius 2 is 0.819 bits per heavy atom. The molecule has 0 amide bonds. The van der Waals surface area contributed by atoms with Crippen LogP contribution in [-0.4, -0.2) is 24.2 Å². The Balaban J connectivity index is 1.18. The number of rotatable bonds is 7. The summed E-state index contributed by atoms with van der Waals surface area (Å²) in [4.78, 5) is 11.6. The number of aromatic nitrogens is 4. The first kappa shape index (κ1) is 56.0. The van der Waals surface area contributed by atoms with Gasteiger partial charge in [0.05, 0.1) is 39.0 Å². The van der Waals surface area contributed by atoms with Crippen molar-refractivity contribution in [2.45, 2.75) is 181 Å². The van der Waals surface area contributed by atoms with Gasteiger partial charge in [0, 0.05) is 27.8 Å². The Bertz CT molecular complexity index is 4190. The molecule has 8 aromatic carbocycles. The molecular formula is C78H86N4O. The molecule has 0 radical (unpaired) electrons. The molecule has 0 fully saturated rings. The minimum Gasteiger partial charge on any atom is -0.507 e. The predicted octanol–water partition coefficient (Wildman–Crippen LogP) is 21.0. The normalized spacial score (nSPS) is 16.5. The van der Waals surface area contributed by atoms with E-state index in [0.29, 0.717) is 5.82 Å². The van der Waals surface area contributed by atoms with E-state index in [-0.39, 0.29) is 43.7 Å². The Morgan fingerprint density at radius 1 is 0.373 bits per heavy atom. The highest BCUT2D eigenvalue weighted by Crippen LogP contribution is 2.53. The number of hydrogen-bond donors (Lipinski definition) is 1. The zero-order chi connectivity index (χ0) is 59.1. The van der Waals surface area contributed by atoms with Gasteiger partial charge in [-0.25, -0.2) is 9.97 Å². The van der Waals surface area contributed by atoms with Crippen molar-refractivity contribution < 1.29 is 5.11 Å². The van der Waals surface area contributed by atoms with E-state index in [9.17, 15) is 5.11 Å². The number of para-hydroxylation sites is 3. The van der Waals surface area contributed by atoms with Crippen molar-refractivity contribution in [2.24, 2.45) is 0 Å². The van der Waals surface area contributed by atoms with E-state index >= 15 is 0 Å². The van der Waals surface area contributed by atoms with E-state index in [1.807, 2.05) is 0 Å². The van der Waals surface area contributed by atoms with Crippen LogP contribution in [0.4, 0.5) is 0 Å². The molecule has 2 aliphatic carbocycles. The summed E-state index contributed by atoms with van der Waals surface area (Å²) in [6.45, 7) is 39.7. The maximum atomic E-state index is 13.0. The molecular weight excluding hydrogens is 1010 g/mol. The zero-order valence-corrected chi connectivity index (χ0v) is 52.6. The fraction of sp³-hybridized carbons (Fsp3) is 0.359. The minimum atomic E-state index is -0.354. The molecule has 2 heterocycles. The van der Waals surface area contributed by atoms with Gasteiger partial charge in [0.2, 0.25) is 0 Å². The maximum Gasteiger partial charge on any atom is 0.149 e. The van der Waals surface area contributed by atoms with Crippen LogP contribution >= 0.6 is 0 Å². The smallest absolute Gasteiger partial charge is 0.149 e. The first-order chi connectivity index (χ1) is 38.9. The highest BCUT2D eigenvalue weighted by atomic mass is 16.3. The van der Waals surface area contributed by atoms with Gasteiger partial charge in [-0.05, 0) is 174 Å². The molecule has 0 saturated carbocycles. The molecule has 0 bridgehead atoms. The molecule has 0 saturated heterocycles. The summed E-state index contributed by atoms with van der Waals surface area (Å²) in [5.74, 6) is 1.88. The third-order valence-corrected chi connectivity index (χ3v) is 19.2. The lowest BCUT2D eigenvalue weighted by molar-refractivity contribution is 0.332. The molecule has 0 aliphatic heterocycles. The highest BCUT2D eigenvalue weighted by Gasteiger charge is 2.41. The van der Waals surface area contributed by atoms with Crippen LogP contribution < -0.4 is 0 Å². The summed E-state index contributed by atoms with van der Waals surface area (Å²) in [6, 6.07) is 58.8. The number of imidazole rings is 2. The molecule has 5 nitrogen and oxygen atoms in total. The molecule has 424 valence electrons. The van der Waals surface area contributed by atoms with Gasteiger partial charge in [-0.2, -0.15) is 0 Å². The topological polar surface area (TPSA) is 55.9 Å². The molecule has 10 aromatic rings. The first-order valence-electron chi connectivity index (χ1n) is 30.5. The van der Waals surface area contributed by atoms with Crippen LogP contribution in [0.3, 0.4) is 0 Å². The molecule has 2 aromatic heterocycles. The summed E-state index contributed by atoms with van der Waals surface area (Å²) in [5, 5.41) is 13.0. The van der Waals surface area contributed by atoms with Crippen LogP contribution in [-0.2, 0) is 37.9 Å². The average molecular weight is 1100 g/mol. The fourth-order valence-corrected chi connectivity index (χ4v) is 13.6. The van der Waals surface area contributed by atoms with Crippen molar-refractivity contribution in [3.8, 4) is 73.3 Å². The van der Waals surface area contributed by atoms with E-state index in [2.05, 4.69) is 285 Å². The quantitative estimate of drug-likeness (QED) is 0.173. The lowest BCUT2D eigenvalue weighted by Crippen LogP contribution is -2.34. The van der Waals surface area contributed by atoms with Crippen LogP contribution in [0, 0.1) is 0 Å². The molecule has 0 atom stereocenters. The summed E-state index contributed by atoms with van der Waals surface area (Å²) in [7, 11) is 0. The van der Waals surface area contributed by atoms with Gasteiger partial charge in [0.25, 0.3) is 0 Å². The maximum absolute atomic E-state index is 13.0.